The van der Waals surface area contributed by atoms with Crippen LogP contribution in [-0.2, 0) is 6.54 Å². The first-order valence-corrected chi connectivity index (χ1v) is 9.27. The van der Waals surface area contributed by atoms with E-state index >= 15 is 0 Å². The van der Waals surface area contributed by atoms with Crippen LogP contribution in [0.1, 0.15) is 5.76 Å². The van der Waals surface area contributed by atoms with E-state index in [0.29, 0.717) is 29.1 Å². The highest BCUT2D eigenvalue weighted by Gasteiger charge is 2.16. The number of para-hydroxylation sites is 1. The molecular formula is C21H14ClN5O2. The third kappa shape index (κ3) is 3.55. The second kappa shape index (κ2) is 7.37. The molecule has 0 aliphatic rings. The number of benzene rings is 2. The quantitative estimate of drug-likeness (QED) is 0.431. The first-order chi connectivity index (χ1) is 14.3. The van der Waals surface area contributed by atoms with E-state index in [1.807, 2.05) is 48.5 Å². The van der Waals surface area contributed by atoms with Gasteiger partial charge in [0.15, 0.2) is 0 Å². The smallest absolute Gasteiger partial charge is 0.286 e. The largest absolute Gasteiger partial charge is 0.467 e. The van der Waals surface area contributed by atoms with Gasteiger partial charge in [-0.2, -0.15) is 0 Å². The van der Waals surface area contributed by atoms with Gasteiger partial charge in [-0.25, -0.2) is 9.97 Å². The number of rotatable bonds is 5. The second-order valence-corrected chi connectivity index (χ2v) is 6.71. The van der Waals surface area contributed by atoms with Gasteiger partial charge < -0.3 is 14.2 Å². The lowest BCUT2D eigenvalue weighted by atomic mass is 10.2. The number of anilines is 1. The summed E-state index contributed by atoms with van der Waals surface area (Å²) in [5.41, 5.74) is 1.50. The number of aromatic nitrogens is 4. The molecule has 0 bridgehead atoms. The minimum Gasteiger partial charge on any atom is -0.467 e. The number of hydrogen-bond acceptors (Lipinski definition) is 7. The van der Waals surface area contributed by atoms with Crippen LogP contribution in [-0.4, -0.2) is 20.2 Å². The van der Waals surface area contributed by atoms with E-state index in [1.54, 1.807) is 18.4 Å². The van der Waals surface area contributed by atoms with Gasteiger partial charge >= 0.3 is 0 Å². The summed E-state index contributed by atoms with van der Waals surface area (Å²) < 4.78 is 11.2. The van der Waals surface area contributed by atoms with Crippen molar-refractivity contribution < 1.29 is 8.83 Å². The first-order valence-electron chi connectivity index (χ1n) is 8.89. The van der Waals surface area contributed by atoms with Gasteiger partial charge in [0.05, 0.1) is 18.3 Å². The van der Waals surface area contributed by atoms with Crippen molar-refractivity contribution in [3.63, 3.8) is 0 Å². The van der Waals surface area contributed by atoms with Gasteiger partial charge in [-0.15, -0.1) is 10.2 Å². The number of fused-ring (bicyclic) bond motifs is 1. The fourth-order valence-corrected chi connectivity index (χ4v) is 3.13. The van der Waals surface area contributed by atoms with Gasteiger partial charge in [0.25, 0.3) is 5.89 Å². The highest BCUT2D eigenvalue weighted by atomic mass is 35.5. The lowest BCUT2D eigenvalue weighted by molar-refractivity contribution is 0.518. The summed E-state index contributed by atoms with van der Waals surface area (Å²) in [7, 11) is 0. The molecule has 0 spiro atoms. The molecule has 0 unspecified atom stereocenters. The highest BCUT2D eigenvalue weighted by molar-refractivity contribution is 6.30. The molecule has 8 heteroatoms. The van der Waals surface area contributed by atoms with Crippen molar-refractivity contribution in [3.8, 4) is 23.2 Å². The molecule has 0 radical (unpaired) electrons. The Labute approximate surface area is 170 Å². The molecule has 0 amide bonds. The van der Waals surface area contributed by atoms with E-state index in [1.165, 1.54) is 0 Å². The van der Waals surface area contributed by atoms with E-state index in [9.17, 15) is 0 Å². The monoisotopic (exact) mass is 403 g/mol. The average Bonchev–Trinajstić information content (AvgIpc) is 3.44. The number of halogens is 1. The zero-order valence-electron chi connectivity index (χ0n) is 15.0. The molecule has 0 atom stereocenters. The molecule has 3 heterocycles. The van der Waals surface area contributed by atoms with E-state index < -0.39 is 0 Å². The topological polar surface area (TPSA) is 89.9 Å². The average molecular weight is 404 g/mol. The Bertz CT molecular complexity index is 1280. The maximum atomic E-state index is 6.05. The Morgan fingerprint density at radius 3 is 2.66 bits per heavy atom. The van der Waals surface area contributed by atoms with Crippen LogP contribution in [0.3, 0.4) is 0 Å². The molecule has 0 aliphatic heterocycles. The minimum atomic E-state index is 0.228. The maximum Gasteiger partial charge on any atom is 0.286 e. The third-order valence-corrected chi connectivity index (χ3v) is 4.54. The van der Waals surface area contributed by atoms with Crippen LogP contribution in [0.25, 0.3) is 34.1 Å². The summed E-state index contributed by atoms with van der Waals surface area (Å²) in [6, 6.07) is 18.7. The molecule has 5 aromatic rings. The van der Waals surface area contributed by atoms with Gasteiger partial charge in [-0.3, -0.25) is 0 Å². The molecule has 0 saturated heterocycles. The summed E-state index contributed by atoms with van der Waals surface area (Å²) in [5.74, 6) is 2.38. The van der Waals surface area contributed by atoms with Crippen LogP contribution in [0, 0.1) is 0 Å². The molecular weight excluding hydrogens is 390 g/mol. The van der Waals surface area contributed by atoms with Crippen LogP contribution in [0.5, 0.6) is 0 Å². The fourth-order valence-electron chi connectivity index (χ4n) is 2.94. The summed E-state index contributed by atoms with van der Waals surface area (Å²) >= 11 is 6.05. The lowest BCUT2D eigenvalue weighted by Gasteiger charge is -2.08. The van der Waals surface area contributed by atoms with E-state index in [-0.39, 0.29) is 5.89 Å². The van der Waals surface area contributed by atoms with E-state index in [4.69, 9.17) is 20.4 Å². The molecule has 3 aromatic heterocycles. The van der Waals surface area contributed by atoms with Gasteiger partial charge in [0.1, 0.15) is 11.6 Å². The van der Waals surface area contributed by atoms with Crippen molar-refractivity contribution in [1.29, 1.82) is 0 Å². The zero-order valence-corrected chi connectivity index (χ0v) is 15.8. The fraction of sp³-hybridized carbons (Fsp3) is 0.0476. The number of furan rings is 1. The summed E-state index contributed by atoms with van der Waals surface area (Å²) in [5, 5.41) is 13.0. The molecule has 1 N–H and O–H groups in total. The first kappa shape index (κ1) is 17.4. The van der Waals surface area contributed by atoms with Gasteiger partial charge in [-0.05, 0) is 42.5 Å². The van der Waals surface area contributed by atoms with Gasteiger partial charge in [0.2, 0.25) is 11.7 Å². The lowest BCUT2D eigenvalue weighted by Crippen LogP contribution is -2.03. The number of hydrogen-bond donors (Lipinski definition) is 1. The molecule has 0 saturated carbocycles. The molecule has 0 fully saturated rings. The van der Waals surface area contributed by atoms with Crippen LogP contribution in [0.4, 0.5) is 5.82 Å². The summed E-state index contributed by atoms with van der Waals surface area (Å²) in [6.07, 6.45) is 1.64. The standard InChI is InChI=1S/C21H14ClN5O2/c22-14-6-3-5-13(11-14)20-26-27-21(29-20)19-24-17-9-2-1-8-16(17)18(25-19)23-12-15-7-4-10-28-15/h1-11H,12H2,(H,23,24,25). The molecule has 142 valence electrons. The predicted molar refractivity (Wildman–Crippen MR) is 109 cm³/mol. The molecule has 2 aromatic carbocycles. The van der Waals surface area contributed by atoms with Crippen molar-refractivity contribution in [2.24, 2.45) is 0 Å². The Morgan fingerprint density at radius 1 is 0.897 bits per heavy atom. The minimum absolute atomic E-state index is 0.228. The Balaban J connectivity index is 1.53. The SMILES string of the molecule is Clc1cccc(-c2nnc(-c3nc(NCc4ccco4)c4ccccc4n3)o2)c1. The molecule has 5 rings (SSSR count). The zero-order chi connectivity index (χ0) is 19.6. The van der Waals surface area contributed by atoms with Crippen LogP contribution in [0.15, 0.2) is 75.8 Å². The third-order valence-electron chi connectivity index (χ3n) is 4.30. The van der Waals surface area contributed by atoms with Gasteiger partial charge in [-0.1, -0.05) is 29.8 Å². The van der Waals surface area contributed by atoms with Crippen LogP contribution in [0.2, 0.25) is 5.02 Å². The van der Waals surface area contributed by atoms with Crippen molar-refractivity contribution in [3.05, 3.63) is 77.7 Å². The summed E-state index contributed by atoms with van der Waals surface area (Å²) in [4.78, 5) is 9.19. The molecule has 29 heavy (non-hydrogen) atoms. The molecule has 7 nitrogen and oxygen atoms in total. The van der Waals surface area contributed by atoms with Gasteiger partial charge in [0, 0.05) is 16.0 Å². The predicted octanol–water partition coefficient (Wildman–Crippen LogP) is 5.21. The molecule has 0 aliphatic carbocycles. The summed E-state index contributed by atoms with van der Waals surface area (Å²) in [6.45, 7) is 0.491. The van der Waals surface area contributed by atoms with Crippen molar-refractivity contribution >= 4 is 28.3 Å². The Hall–Kier alpha value is -3.71. The Morgan fingerprint density at radius 2 is 1.79 bits per heavy atom. The van der Waals surface area contributed by atoms with E-state index in [0.717, 1.165) is 22.2 Å². The normalized spacial score (nSPS) is 11.1. The maximum absolute atomic E-state index is 6.05. The van der Waals surface area contributed by atoms with Crippen LogP contribution >= 0.6 is 11.6 Å². The second-order valence-electron chi connectivity index (χ2n) is 6.27. The van der Waals surface area contributed by atoms with Crippen molar-refractivity contribution in [2.75, 3.05) is 5.32 Å². The van der Waals surface area contributed by atoms with E-state index in [2.05, 4.69) is 25.5 Å². The highest BCUT2D eigenvalue weighted by Crippen LogP contribution is 2.27. The Kier molecular flexibility index (Phi) is 4.42. The van der Waals surface area contributed by atoms with Crippen molar-refractivity contribution in [1.82, 2.24) is 20.2 Å². The van der Waals surface area contributed by atoms with Crippen molar-refractivity contribution in [2.45, 2.75) is 6.54 Å². The van der Waals surface area contributed by atoms with Crippen LogP contribution < -0.4 is 5.32 Å². The number of nitrogens with one attached hydrogen (secondary N) is 1. The number of nitrogens with zero attached hydrogens (tertiary/aromatic N) is 4.